The largest absolute Gasteiger partial charge is 0.325 e. The van der Waals surface area contributed by atoms with Gasteiger partial charge in [-0.2, -0.15) is 0 Å². The Balaban J connectivity index is 1.83. The number of imide groups is 1. The van der Waals surface area contributed by atoms with Crippen LogP contribution in [0.5, 0.6) is 0 Å². The van der Waals surface area contributed by atoms with Gasteiger partial charge >= 0.3 is 6.03 Å². The molecule has 0 unspecified atom stereocenters. The summed E-state index contributed by atoms with van der Waals surface area (Å²) in [5.41, 5.74) is -0.151. The summed E-state index contributed by atoms with van der Waals surface area (Å²) in [6, 6.07) is 13.7. The fraction of sp³-hybridized carbons (Fsp3) is 0.250. The number of carbonyl (C=O) groups excluding carboxylic acids is 3. The Hall–Kier alpha value is -3.22. The molecule has 0 bridgehead atoms. The van der Waals surface area contributed by atoms with Crippen molar-refractivity contribution in [3.8, 4) is 0 Å². The van der Waals surface area contributed by atoms with E-state index in [-0.39, 0.29) is 13.0 Å². The first-order chi connectivity index (χ1) is 12.9. The molecule has 1 atom stereocenters. The van der Waals surface area contributed by atoms with Gasteiger partial charge in [-0.3, -0.25) is 14.5 Å². The van der Waals surface area contributed by atoms with Crippen LogP contribution in [0.2, 0.25) is 0 Å². The van der Waals surface area contributed by atoms with Crippen LogP contribution >= 0.6 is 0 Å². The molecule has 1 aliphatic rings. The fourth-order valence-corrected chi connectivity index (χ4v) is 3.18. The van der Waals surface area contributed by atoms with Gasteiger partial charge in [-0.15, -0.1) is 0 Å². The molecule has 1 saturated heterocycles. The van der Waals surface area contributed by atoms with Gasteiger partial charge in [0, 0.05) is 12.7 Å². The van der Waals surface area contributed by atoms with E-state index in [1.807, 2.05) is 6.07 Å². The Morgan fingerprint density at radius 3 is 2.33 bits per heavy atom. The van der Waals surface area contributed by atoms with Crippen LogP contribution in [0.15, 0.2) is 54.6 Å². The quantitative estimate of drug-likeness (QED) is 0.824. The summed E-state index contributed by atoms with van der Waals surface area (Å²) in [4.78, 5) is 40.3. The van der Waals surface area contributed by atoms with Gasteiger partial charge in [0.2, 0.25) is 5.91 Å². The van der Waals surface area contributed by atoms with Crippen LogP contribution in [0.1, 0.15) is 18.9 Å². The number of rotatable bonds is 5. The lowest BCUT2D eigenvalue weighted by Crippen LogP contribution is -2.45. The van der Waals surface area contributed by atoms with Gasteiger partial charge < -0.3 is 10.2 Å². The standard InChI is InChI=1S/C20H20FN3O3/c1-3-20(14-9-11-15(21)12-10-14)18(26)24(19(27)22-20)13-17(25)23(2)16-7-5-4-6-8-16/h4-12H,3,13H2,1-2H3,(H,22,27)/t20-/m0/s1. The van der Waals surface area contributed by atoms with E-state index in [1.165, 1.54) is 29.2 Å². The fourth-order valence-electron chi connectivity index (χ4n) is 3.18. The van der Waals surface area contributed by atoms with Crippen LogP contribution in [-0.2, 0) is 15.1 Å². The summed E-state index contributed by atoms with van der Waals surface area (Å²) in [5.74, 6) is -1.34. The van der Waals surface area contributed by atoms with Crippen molar-refractivity contribution in [2.45, 2.75) is 18.9 Å². The van der Waals surface area contributed by atoms with E-state index in [9.17, 15) is 18.8 Å². The summed E-state index contributed by atoms with van der Waals surface area (Å²) >= 11 is 0. The summed E-state index contributed by atoms with van der Waals surface area (Å²) in [6.07, 6.45) is 0.280. The van der Waals surface area contributed by atoms with E-state index in [0.29, 0.717) is 11.3 Å². The van der Waals surface area contributed by atoms with Crippen molar-refractivity contribution in [3.05, 3.63) is 66.0 Å². The zero-order chi connectivity index (χ0) is 19.6. The van der Waals surface area contributed by atoms with Gasteiger partial charge in [0.05, 0.1) is 0 Å². The zero-order valence-electron chi connectivity index (χ0n) is 15.1. The van der Waals surface area contributed by atoms with E-state index >= 15 is 0 Å². The molecule has 2 aromatic carbocycles. The number of benzene rings is 2. The minimum atomic E-state index is -1.30. The number of hydrogen-bond acceptors (Lipinski definition) is 3. The van der Waals surface area contributed by atoms with Crippen molar-refractivity contribution in [1.29, 1.82) is 0 Å². The van der Waals surface area contributed by atoms with E-state index in [0.717, 1.165) is 4.90 Å². The SMILES string of the molecule is CC[C@@]1(c2ccc(F)cc2)NC(=O)N(CC(=O)N(C)c2ccccc2)C1=O. The molecule has 1 heterocycles. The Labute approximate surface area is 156 Å². The maximum absolute atomic E-state index is 13.2. The first-order valence-corrected chi connectivity index (χ1v) is 8.61. The number of amides is 4. The summed E-state index contributed by atoms with van der Waals surface area (Å²) < 4.78 is 13.2. The van der Waals surface area contributed by atoms with E-state index in [4.69, 9.17) is 0 Å². The number of urea groups is 1. The Bertz CT molecular complexity index is 870. The molecule has 0 saturated carbocycles. The molecule has 0 radical (unpaired) electrons. The zero-order valence-corrected chi connectivity index (χ0v) is 15.1. The Kier molecular flexibility index (Phi) is 4.94. The Morgan fingerprint density at radius 2 is 1.74 bits per heavy atom. The van der Waals surface area contributed by atoms with Gasteiger partial charge in [0.25, 0.3) is 5.91 Å². The van der Waals surface area contributed by atoms with Crippen molar-refractivity contribution in [1.82, 2.24) is 10.2 Å². The second-order valence-electron chi connectivity index (χ2n) is 6.38. The highest BCUT2D eigenvalue weighted by Crippen LogP contribution is 2.32. The number of nitrogens with one attached hydrogen (secondary N) is 1. The molecule has 1 aliphatic heterocycles. The lowest BCUT2D eigenvalue weighted by atomic mass is 9.87. The molecule has 0 aliphatic carbocycles. The number of carbonyl (C=O) groups is 3. The number of anilines is 1. The summed E-state index contributed by atoms with van der Waals surface area (Å²) in [6.45, 7) is 1.38. The normalized spacial score (nSPS) is 19.1. The van der Waals surface area contributed by atoms with Crippen LogP contribution < -0.4 is 10.2 Å². The average Bonchev–Trinajstić information content (AvgIpc) is 2.93. The van der Waals surface area contributed by atoms with Gasteiger partial charge in [0.1, 0.15) is 17.9 Å². The van der Waals surface area contributed by atoms with Gasteiger partial charge in [-0.1, -0.05) is 37.3 Å². The summed E-state index contributed by atoms with van der Waals surface area (Å²) in [7, 11) is 1.59. The van der Waals surface area contributed by atoms with Crippen molar-refractivity contribution in [2.75, 3.05) is 18.5 Å². The smallest absolute Gasteiger partial charge is 0.319 e. The third-order valence-electron chi connectivity index (χ3n) is 4.85. The molecule has 2 aromatic rings. The van der Waals surface area contributed by atoms with E-state index < -0.39 is 29.2 Å². The first kappa shape index (κ1) is 18.6. The highest BCUT2D eigenvalue weighted by atomic mass is 19.1. The van der Waals surface area contributed by atoms with Crippen molar-refractivity contribution in [2.24, 2.45) is 0 Å². The maximum Gasteiger partial charge on any atom is 0.325 e. The topological polar surface area (TPSA) is 69.7 Å². The lowest BCUT2D eigenvalue weighted by molar-refractivity contribution is -0.134. The molecular formula is C20H20FN3O3. The van der Waals surface area contributed by atoms with Crippen molar-refractivity contribution >= 4 is 23.5 Å². The molecule has 6 nitrogen and oxygen atoms in total. The predicted octanol–water partition coefficient (Wildman–Crippen LogP) is 2.65. The molecule has 0 aromatic heterocycles. The van der Waals surface area contributed by atoms with Crippen LogP contribution in [0.3, 0.4) is 0 Å². The second-order valence-corrected chi connectivity index (χ2v) is 6.38. The number of halogens is 1. The maximum atomic E-state index is 13.2. The van der Waals surface area contributed by atoms with Crippen molar-refractivity contribution < 1.29 is 18.8 Å². The van der Waals surface area contributed by atoms with Crippen LogP contribution in [0.25, 0.3) is 0 Å². The number of likely N-dealkylation sites (N-methyl/N-ethyl adjacent to an activating group) is 1. The molecule has 0 spiro atoms. The Morgan fingerprint density at radius 1 is 1.11 bits per heavy atom. The third-order valence-corrected chi connectivity index (χ3v) is 4.85. The van der Waals surface area contributed by atoms with Crippen LogP contribution in [-0.4, -0.2) is 36.3 Å². The molecule has 3 rings (SSSR count). The molecule has 27 heavy (non-hydrogen) atoms. The van der Waals surface area contributed by atoms with Gasteiger partial charge in [-0.05, 0) is 36.2 Å². The second kappa shape index (κ2) is 7.19. The number of hydrogen-bond donors (Lipinski definition) is 1. The van der Waals surface area contributed by atoms with Gasteiger partial charge in [0.15, 0.2) is 0 Å². The highest BCUT2D eigenvalue weighted by Gasteiger charge is 2.51. The molecule has 1 N–H and O–H groups in total. The molecular weight excluding hydrogens is 349 g/mol. The monoisotopic (exact) mass is 369 g/mol. The summed E-state index contributed by atoms with van der Waals surface area (Å²) in [5, 5.41) is 2.68. The average molecular weight is 369 g/mol. The van der Waals surface area contributed by atoms with E-state index in [1.54, 1.807) is 38.2 Å². The minimum Gasteiger partial charge on any atom is -0.319 e. The van der Waals surface area contributed by atoms with Crippen LogP contribution in [0, 0.1) is 5.82 Å². The highest BCUT2D eigenvalue weighted by molar-refractivity contribution is 6.10. The number of nitrogens with zero attached hydrogens (tertiary/aromatic N) is 2. The molecule has 1 fully saturated rings. The van der Waals surface area contributed by atoms with Crippen LogP contribution in [0.4, 0.5) is 14.9 Å². The molecule has 140 valence electrons. The first-order valence-electron chi connectivity index (χ1n) is 8.61. The minimum absolute atomic E-state index is 0.280. The number of para-hydroxylation sites is 1. The molecule has 4 amide bonds. The third kappa shape index (κ3) is 3.28. The lowest BCUT2D eigenvalue weighted by Gasteiger charge is -2.26. The van der Waals surface area contributed by atoms with Gasteiger partial charge in [-0.25, -0.2) is 9.18 Å². The molecule has 7 heteroatoms. The predicted molar refractivity (Wildman–Crippen MR) is 98.5 cm³/mol. The van der Waals surface area contributed by atoms with E-state index in [2.05, 4.69) is 5.32 Å². The van der Waals surface area contributed by atoms with Crippen molar-refractivity contribution in [3.63, 3.8) is 0 Å².